The van der Waals surface area contributed by atoms with E-state index in [1.807, 2.05) is 24.3 Å². The molecule has 86 valence electrons. The van der Waals surface area contributed by atoms with Crippen molar-refractivity contribution in [3.63, 3.8) is 0 Å². The molecule has 2 nitrogen and oxygen atoms in total. The van der Waals surface area contributed by atoms with Crippen LogP contribution >= 0.6 is 0 Å². The van der Waals surface area contributed by atoms with E-state index in [2.05, 4.69) is 25.1 Å². The van der Waals surface area contributed by atoms with Gasteiger partial charge in [-0.15, -0.1) is 6.42 Å². The smallest absolute Gasteiger partial charge is 0.119 e. The van der Waals surface area contributed by atoms with Crippen molar-refractivity contribution in [2.75, 3.05) is 11.9 Å². The minimum atomic E-state index is 0.0995. The van der Waals surface area contributed by atoms with Crippen LogP contribution in [-0.2, 0) is 0 Å². The minimum Gasteiger partial charge on any atom is -0.494 e. The summed E-state index contributed by atoms with van der Waals surface area (Å²) in [7, 11) is 0. The van der Waals surface area contributed by atoms with Gasteiger partial charge in [0, 0.05) is 5.69 Å². The van der Waals surface area contributed by atoms with Crippen LogP contribution in [0.5, 0.6) is 5.75 Å². The van der Waals surface area contributed by atoms with Crippen molar-refractivity contribution in [3.05, 3.63) is 24.3 Å². The van der Waals surface area contributed by atoms with Crippen molar-refractivity contribution in [2.24, 2.45) is 0 Å². The molecule has 16 heavy (non-hydrogen) atoms. The monoisotopic (exact) mass is 217 g/mol. The third-order valence-electron chi connectivity index (χ3n) is 2.28. The van der Waals surface area contributed by atoms with Gasteiger partial charge in [0.1, 0.15) is 5.75 Å². The number of terminal acetylenes is 1. The zero-order valence-electron chi connectivity index (χ0n) is 9.99. The topological polar surface area (TPSA) is 21.3 Å². The first kappa shape index (κ1) is 12.4. The summed E-state index contributed by atoms with van der Waals surface area (Å²) in [5.74, 6) is 3.61. The molecule has 0 aliphatic rings. The molecule has 0 amide bonds. The molecular formula is C14H19NO. The number of rotatable bonds is 6. The fourth-order valence-corrected chi connectivity index (χ4v) is 1.33. The molecule has 0 radical (unpaired) electrons. The number of hydrogen-bond acceptors (Lipinski definition) is 2. The van der Waals surface area contributed by atoms with E-state index >= 15 is 0 Å². The molecule has 2 heteroatoms. The van der Waals surface area contributed by atoms with E-state index in [9.17, 15) is 0 Å². The predicted molar refractivity (Wildman–Crippen MR) is 68.8 cm³/mol. The molecule has 0 saturated heterocycles. The van der Waals surface area contributed by atoms with E-state index in [1.54, 1.807) is 0 Å². The van der Waals surface area contributed by atoms with Crippen molar-refractivity contribution in [1.82, 2.24) is 0 Å². The van der Waals surface area contributed by atoms with E-state index < -0.39 is 0 Å². The van der Waals surface area contributed by atoms with Gasteiger partial charge in [-0.1, -0.05) is 19.8 Å². The van der Waals surface area contributed by atoms with Gasteiger partial charge in [-0.25, -0.2) is 0 Å². The van der Waals surface area contributed by atoms with Gasteiger partial charge in [0.25, 0.3) is 0 Å². The van der Waals surface area contributed by atoms with Crippen LogP contribution in [0.2, 0.25) is 0 Å². The highest BCUT2D eigenvalue weighted by Gasteiger charge is 2.01. The van der Waals surface area contributed by atoms with E-state index in [0.717, 1.165) is 30.9 Å². The molecule has 0 spiro atoms. The maximum absolute atomic E-state index is 5.50. The molecule has 1 N–H and O–H groups in total. The maximum Gasteiger partial charge on any atom is 0.119 e. The minimum absolute atomic E-state index is 0.0995. The summed E-state index contributed by atoms with van der Waals surface area (Å²) in [5.41, 5.74) is 1.04. The van der Waals surface area contributed by atoms with Gasteiger partial charge in [0.2, 0.25) is 0 Å². The van der Waals surface area contributed by atoms with Crippen LogP contribution in [0.1, 0.15) is 26.7 Å². The number of benzene rings is 1. The Morgan fingerprint density at radius 3 is 2.50 bits per heavy atom. The highest BCUT2D eigenvalue weighted by atomic mass is 16.5. The molecule has 0 fully saturated rings. The van der Waals surface area contributed by atoms with Crippen molar-refractivity contribution < 1.29 is 4.74 Å². The summed E-state index contributed by atoms with van der Waals surface area (Å²) in [6, 6.07) is 8.00. The van der Waals surface area contributed by atoms with Crippen LogP contribution in [0, 0.1) is 12.3 Å². The first-order valence-corrected chi connectivity index (χ1v) is 5.75. The Morgan fingerprint density at radius 2 is 2.00 bits per heavy atom. The lowest BCUT2D eigenvalue weighted by atomic mass is 10.2. The predicted octanol–water partition coefficient (Wildman–Crippen LogP) is 3.30. The lowest BCUT2D eigenvalue weighted by Crippen LogP contribution is -2.15. The maximum atomic E-state index is 5.50. The van der Waals surface area contributed by atoms with Crippen LogP contribution in [0.25, 0.3) is 0 Å². The number of nitrogens with one attached hydrogen (secondary N) is 1. The van der Waals surface area contributed by atoms with Crippen LogP contribution in [-0.4, -0.2) is 12.6 Å². The molecule has 0 aromatic heterocycles. The fraction of sp³-hybridized carbons (Fsp3) is 0.429. The third-order valence-corrected chi connectivity index (χ3v) is 2.28. The van der Waals surface area contributed by atoms with Crippen LogP contribution in [0.15, 0.2) is 24.3 Å². The molecule has 0 heterocycles. The van der Waals surface area contributed by atoms with Gasteiger partial charge in [0.05, 0.1) is 12.6 Å². The van der Waals surface area contributed by atoms with Crippen LogP contribution < -0.4 is 10.1 Å². The zero-order chi connectivity index (χ0) is 11.8. The standard InChI is InChI=1S/C14H19NO/c1-4-11-16-14-9-7-13(8-10-14)15-12(5-2)6-3/h2,7-10,12,15H,4,6,11H2,1,3H3. The SMILES string of the molecule is C#CC(CC)Nc1ccc(OCCC)cc1. The molecule has 0 saturated carbocycles. The molecular weight excluding hydrogens is 198 g/mol. The van der Waals surface area contributed by atoms with Crippen LogP contribution in [0.4, 0.5) is 5.69 Å². The number of hydrogen-bond donors (Lipinski definition) is 1. The third kappa shape index (κ3) is 3.86. The Morgan fingerprint density at radius 1 is 1.31 bits per heavy atom. The van der Waals surface area contributed by atoms with Crippen molar-refractivity contribution in [1.29, 1.82) is 0 Å². The summed E-state index contributed by atoms with van der Waals surface area (Å²) in [4.78, 5) is 0. The molecule has 1 aromatic carbocycles. The molecule has 0 aliphatic heterocycles. The highest BCUT2D eigenvalue weighted by molar-refractivity contribution is 5.48. The van der Waals surface area contributed by atoms with Gasteiger partial charge >= 0.3 is 0 Å². The van der Waals surface area contributed by atoms with Gasteiger partial charge in [-0.2, -0.15) is 0 Å². The van der Waals surface area contributed by atoms with Gasteiger partial charge in [-0.05, 0) is 37.1 Å². The number of anilines is 1. The number of ether oxygens (including phenoxy) is 1. The molecule has 1 rings (SSSR count). The molecule has 1 atom stereocenters. The van der Waals surface area contributed by atoms with Crippen LogP contribution in [0.3, 0.4) is 0 Å². The first-order valence-electron chi connectivity index (χ1n) is 5.75. The average molecular weight is 217 g/mol. The van der Waals surface area contributed by atoms with Gasteiger partial charge < -0.3 is 10.1 Å². The average Bonchev–Trinajstić information content (AvgIpc) is 2.35. The second-order valence-electron chi connectivity index (χ2n) is 3.64. The largest absolute Gasteiger partial charge is 0.494 e. The van der Waals surface area contributed by atoms with E-state index in [0.29, 0.717) is 0 Å². The van der Waals surface area contributed by atoms with Crippen molar-refractivity contribution >= 4 is 5.69 Å². The molecule has 0 aliphatic carbocycles. The van der Waals surface area contributed by atoms with Gasteiger partial charge in [0.15, 0.2) is 0 Å². The van der Waals surface area contributed by atoms with Crippen molar-refractivity contribution in [2.45, 2.75) is 32.7 Å². The Bertz CT molecular complexity index is 337. The molecule has 1 aromatic rings. The molecule has 1 unspecified atom stereocenters. The quantitative estimate of drug-likeness (QED) is 0.738. The Hall–Kier alpha value is -1.62. The normalized spacial score (nSPS) is 11.6. The summed E-state index contributed by atoms with van der Waals surface area (Å²) < 4.78 is 5.50. The van der Waals surface area contributed by atoms with E-state index in [-0.39, 0.29) is 6.04 Å². The second kappa shape index (κ2) is 6.79. The van der Waals surface area contributed by atoms with E-state index in [1.165, 1.54) is 0 Å². The van der Waals surface area contributed by atoms with Crippen molar-refractivity contribution in [3.8, 4) is 18.1 Å². The fourth-order valence-electron chi connectivity index (χ4n) is 1.33. The highest BCUT2D eigenvalue weighted by Crippen LogP contribution is 2.16. The summed E-state index contributed by atoms with van der Waals surface area (Å²) in [6.45, 7) is 4.92. The van der Waals surface area contributed by atoms with Gasteiger partial charge in [-0.3, -0.25) is 0 Å². The second-order valence-corrected chi connectivity index (χ2v) is 3.64. The summed E-state index contributed by atoms with van der Waals surface area (Å²) in [5, 5.41) is 3.27. The van der Waals surface area contributed by atoms with E-state index in [4.69, 9.17) is 11.2 Å². The first-order chi connectivity index (χ1) is 7.80. The summed E-state index contributed by atoms with van der Waals surface area (Å²) in [6.07, 6.45) is 7.33. The Balaban J connectivity index is 2.54. The Kier molecular flexibility index (Phi) is 5.28. The lowest BCUT2D eigenvalue weighted by Gasteiger charge is -2.12. The summed E-state index contributed by atoms with van der Waals surface area (Å²) >= 11 is 0. The zero-order valence-corrected chi connectivity index (χ0v) is 9.99. The molecule has 0 bridgehead atoms. The lowest BCUT2D eigenvalue weighted by molar-refractivity contribution is 0.317. The Labute approximate surface area is 98.0 Å².